The second-order valence-electron chi connectivity index (χ2n) is 9.83. The van der Waals surface area contributed by atoms with E-state index in [1.807, 2.05) is 31.2 Å². The predicted octanol–water partition coefficient (Wildman–Crippen LogP) is 7.20. The molecule has 1 aliphatic carbocycles. The fraction of sp³-hybridized carbons (Fsp3) is 0.323. The Kier molecular flexibility index (Phi) is 6.73. The van der Waals surface area contributed by atoms with Gasteiger partial charge in [-0.2, -0.15) is 0 Å². The molecule has 2 N–H and O–H groups in total. The lowest BCUT2D eigenvalue weighted by Gasteiger charge is -2.30. The van der Waals surface area contributed by atoms with Gasteiger partial charge >= 0.3 is 0 Å². The molecular formula is C31H34N2O3. The number of rotatable bonds is 6. The van der Waals surface area contributed by atoms with Crippen LogP contribution >= 0.6 is 0 Å². The topological polar surface area (TPSA) is 59.6 Å². The van der Waals surface area contributed by atoms with E-state index >= 15 is 0 Å². The highest BCUT2D eigenvalue weighted by molar-refractivity contribution is 6.01. The molecule has 0 aromatic heterocycles. The van der Waals surface area contributed by atoms with Crippen LogP contribution in [-0.2, 0) is 4.79 Å². The van der Waals surface area contributed by atoms with Crippen molar-refractivity contribution in [1.82, 2.24) is 0 Å². The number of fused-ring (bicyclic) bond motifs is 1. The molecule has 0 spiro atoms. The SMILES string of the molecule is CCOc1ccc([C@@H]2CC(=O)C3=C(C2)Nc2ccccc2N[C@H]3c2ccc(C(C)C)cc2)cc1OC. The van der Waals surface area contributed by atoms with Gasteiger partial charge in [0.2, 0.25) is 0 Å². The van der Waals surface area contributed by atoms with Crippen LogP contribution in [-0.4, -0.2) is 19.5 Å². The van der Waals surface area contributed by atoms with Crippen molar-refractivity contribution in [2.75, 3.05) is 24.4 Å². The summed E-state index contributed by atoms with van der Waals surface area (Å²) in [5.41, 5.74) is 7.28. The lowest BCUT2D eigenvalue weighted by Crippen LogP contribution is -2.27. The summed E-state index contributed by atoms with van der Waals surface area (Å²) in [6.45, 7) is 6.92. The number of methoxy groups -OCH3 is 1. The molecule has 5 nitrogen and oxygen atoms in total. The molecule has 0 fully saturated rings. The number of hydrogen-bond donors (Lipinski definition) is 2. The Bertz CT molecular complexity index is 1290. The number of carbonyl (C=O) groups is 1. The number of ether oxygens (including phenoxy) is 2. The molecule has 3 aromatic rings. The van der Waals surface area contributed by atoms with Gasteiger partial charge in [-0.25, -0.2) is 0 Å². The van der Waals surface area contributed by atoms with E-state index in [-0.39, 0.29) is 17.7 Å². The molecule has 5 heteroatoms. The smallest absolute Gasteiger partial charge is 0.163 e. The lowest BCUT2D eigenvalue weighted by atomic mass is 9.78. The van der Waals surface area contributed by atoms with Gasteiger partial charge < -0.3 is 20.1 Å². The number of anilines is 2. The Morgan fingerprint density at radius 2 is 1.64 bits per heavy atom. The molecule has 0 unspecified atom stereocenters. The summed E-state index contributed by atoms with van der Waals surface area (Å²) in [6.07, 6.45) is 1.20. The van der Waals surface area contributed by atoms with Crippen LogP contribution in [0, 0.1) is 0 Å². The number of carbonyl (C=O) groups excluding carboxylic acids is 1. The van der Waals surface area contributed by atoms with E-state index in [2.05, 4.69) is 66.9 Å². The number of ketones is 1. The van der Waals surface area contributed by atoms with Crippen molar-refractivity contribution >= 4 is 17.2 Å². The minimum atomic E-state index is -0.208. The van der Waals surface area contributed by atoms with Gasteiger partial charge in [-0.05, 0) is 66.1 Å². The zero-order valence-electron chi connectivity index (χ0n) is 21.4. The van der Waals surface area contributed by atoms with Crippen molar-refractivity contribution in [3.63, 3.8) is 0 Å². The van der Waals surface area contributed by atoms with E-state index in [1.54, 1.807) is 7.11 Å². The molecule has 186 valence electrons. The van der Waals surface area contributed by atoms with Crippen molar-refractivity contribution in [2.24, 2.45) is 0 Å². The third-order valence-electron chi connectivity index (χ3n) is 7.20. The van der Waals surface area contributed by atoms with Crippen LogP contribution in [0.1, 0.15) is 68.2 Å². The van der Waals surface area contributed by atoms with E-state index in [9.17, 15) is 4.79 Å². The fourth-order valence-electron chi connectivity index (χ4n) is 5.26. The highest BCUT2D eigenvalue weighted by atomic mass is 16.5. The van der Waals surface area contributed by atoms with Crippen molar-refractivity contribution in [3.8, 4) is 11.5 Å². The zero-order valence-corrected chi connectivity index (χ0v) is 21.4. The minimum absolute atomic E-state index is 0.0579. The highest BCUT2D eigenvalue weighted by Gasteiger charge is 2.36. The largest absolute Gasteiger partial charge is 0.493 e. The average Bonchev–Trinajstić information content (AvgIpc) is 3.06. The number of nitrogens with one attached hydrogen (secondary N) is 2. The fourth-order valence-corrected chi connectivity index (χ4v) is 5.26. The number of allylic oxidation sites excluding steroid dienone is 1. The Hall–Kier alpha value is -3.73. The molecule has 0 saturated heterocycles. The Morgan fingerprint density at radius 1 is 0.917 bits per heavy atom. The first kappa shape index (κ1) is 24.0. The van der Waals surface area contributed by atoms with Crippen molar-refractivity contribution in [3.05, 3.63) is 94.7 Å². The maximum Gasteiger partial charge on any atom is 0.163 e. The Morgan fingerprint density at radius 3 is 2.33 bits per heavy atom. The van der Waals surface area contributed by atoms with Crippen molar-refractivity contribution < 1.29 is 14.3 Å². The van der Waals surface area contributed by atoms with Gasteiger partial charge in [0.15, 0.2) is 17.3 Å². The van der Waals surface area contributed by atoms with Gasteiger partial charge in [0.05, 0.1) is 31.1 Å². The quantitative estimate of drug-likeness (QED) is 0.389. The van der Waals surface area contributed by atoms with E-state index < -0.39 is 0 Å². The molecule has 0 amide bonds. The first-order valence-corrected chi connectivity index (χ1v) is 12.8. The first-order chi connectivity index (χ1) is 17.5. The summed E-state index contributed by atoms with van der Waals surface area (Å²) in [4.78, 5) is 13.8. The monoisotopic (exact) mass is 482 g/mol. The second-order valence-corrected chi connectivity index (χ2v) is 9.83. The summed E-state index contributed by atoms with van der Waals surface area (Å²) >= 11 is 0. The van der Waals surface area contributed by atoms with Crippen LogP contribution in [0.25, 0.3) is 0 Å². The van der Waals surface area contributed by atoms with Crippen LogP contribution in [0.4, 0.5) is 11.4 Å². The maximum atomic E-state index is 13.8. The average molecular weight is 483 g/mol. The van der Waals surface area contributed by atoms with Gasteiger partial charge in [-0.3, -0.25) is 4.79 Å². The van der Waals surface area contributed by atoms with E-state index in [1.165, 1.54) is 5.56 Å². The molecule has 0 bridgehead atoms. The normalized spacial score (nSPS) is 19.1. The van der Waals surface area contributed by atoms with Gasteiger partial charge in [-0.15, -0.1) is 0 Å². The number of Topliss-reactive ketones (excluding diaryl/α,β-unsaturated/α-hetero) is 1. The van der Waals surface area contributed by atoms with E-state index in [4.69, 9.17) is 9.47 Å². The molecular weight excluding hydrogens is 448 g/mol. The molecule has 1 aliphatic heterocycles. The molecule has 3 aromatic carbocycles. The van der Waals surface area contributed by atoms with Crippen LogP contribution in [0.2, 0.25) is 0 Å². The summed E-state index contributed by atoms with van der Waals surface area (Å²) in [6, 6.07) is 22.6. The standard InChI is InChI=1S/C31H34N2O3/c1-5-36-28-15-14-22(18-29(28)35-4)23-16-26-30(27(34)17-23)31(21-12-10-20(11-13-21)19(2)3)33-25-9-7-6-8-24(25)32-26/h6-15,18-19,23,31-33H,5,16-17H2,1-4H3/t23-,31-/m0/s1. The number of benzene rings is 3. The maximum absolute atomic E-state index is 13.8. The molecule has 2 aliphatic rings. The van der Waals surface area contributed by atoms with Crippen LogP contribution in [0.15, 0.2) is 78.0 Å². The lowest BCUT2D eigenvalue weighted by molar-refractivity contribution is -0.116. The molecule has 2 atom stereocenters. The predicted molar refractivity (Wildman–Crippen MR) is 145 cm³/mol. The van der Waals surface area contributed by atoms with Gasteiger partial charge in [0.1, 0.15) is 0 Å². The van der Waals surface area contributed by atoms with E-state index in [0.29, 0.717) is 24.7 Å². The summed E-state index contributed by atoms with van der Waals surface area (Å²) < 4.78 is 11.3. The van der Waals surface area contributed by atoms with Crippen LogP contribution < -0.4 is 20.1 Å². The number of hydrogen-bond acceptors (Lipinski definition) is 5. The zero-order chi connectivity index (χ0) is 25.2. The highest BCUT2D eigenvalue weighted by Crippen LogP contribution is 2.45. The number of para-hydroxylation sites is 2. The van der Waals surface area contributed by atoms with Crippen molar-refractivity contribution in [2.45, 2.75) is 51.5 Å². The first-order valence-electron chi connectivity index (χ1n) is 12.8. The minimum Gasteiger partial charge on any atom is -0.493 e. The summed E-state index contributed by atoms with van der Waals surface area (Å²) in [7, 11) is 1.65. The van der Waals surface area contributed by atoms with E-state index in [0.717, 1.165) is 45.9 Å². The summed E-state index contributed by atoms with van der Waals surface area (Å²) in [5, 5.41) is 7.29. The summed E-state index contributed by atoms with van der Waals surface area (Å²) in [5.74, 6) is 2.11. The third kappa shape index (κ3) is 4.58. The Labute approximate surface area is 213 Å². The Balaban J connectivity index is 1.54. The van der Waals surface area contributed by atoms with Gasteiger partial charge in [0, 0.05) is 17.7 Å². The van der Waals surface area contributed by atoms with Gasteiger partial charge in [-0.1, -0.05) is 56.3 Å². The molecule has 0 saturated carbocycles. The van der Waals surface area contributed by atoms with Gasteiger partial charge in [0.25, 0.3) is 0 Å². The molecule has 36 heavy (non-hydrogen) atoms. The second kappa shape index (κ2) is 10.1. The third-order valence-corrected chi connectivity index (χ3v) is 7.20. The van der Waals surface area contributed by atoms with Crippen LogP contribution in [0.3, 0.4) is 0 Å². The molecule has 5 rings (SSSR count). The molecule has 0 radical (unpaired) electrons. The van der Waals surface area contributed by atoms with Crippen LogP contribution in [0.5, 0.6) is 11.5 Å². The van der Waals surface area contributed by atoms with Crippen molar-refractivity contribution in [1.29, 1.82) is 0 Å². The molecule has 1 heterocycles.